The van der Waals surface area contributed by atoms with Crippen LogP contribution in [0.15, 0.2) is 60.7 Å². The monoisotopic (exact) mass is 384 g/mol. The van der Waals surface area contributed by atoms with Crippen molar-refractivity contribution in [1.29, 1.82) is 0 Å². The van der Waals surface area contributed by atoms with Crippen molar-refractivity contribution >= 4 is 0 Å². The third-order valence-corrected chi connectivity index (χ3v) is 4.02. The minimum Gasteiger partial charge on any atom is -0.396 e. The molecule has 0 bridgehead atoms. The van der Waals surface area contributed by atoms with E-state index in [1.54, 1.807) is 54.6 Å². The lowest BCUT2D eigenvalue weighted by molar-refractivity contribution is -0.257. The van der Waals surface area contributed by atoms with Crippen LogP contribution in [0.3, 0.4) is 0 Å². The molecule has 7 heteroatoms. The molecule has 0 aliphatic carbocycles. The second-order valence-corrected chi connectivity index (χ2v) is 6.10. The van der Waals surface area contributed by atoms with E-state index in [0.29, 0.717) is 5.56 Å². The van der Waals surface area contributed by atoms with E-state index in [1.807, 2.05) is 6.07 Å². The maximum atomic E-state index is 13.1. The molecule has 0 unspecified atom stereocenters. The average Bonchev–Trinajstić information content (AvgIpc) is 2.67. The number of alkyl halides is 3. The Morgan fingerprint density at radius 1 is 0.815 bits per heavy atom. The molecule has 2 N–H and O–H groups in total. The van der Waals surface area contributed by atoms with Crippen LogP contribution in [0.5, 0.6) is 0 Å². The van der Waals surface area contributed by atoms with Crippen LogP contribution in [0, 0.1) is 0 Å². The molecular weight excluding hydrogens is 361 g/mol. The molecule has 3 atom stereocenters. The molecule has 0 amide bonds. The summed E-state index contributed by atoms with van der Waals surface area (Å²) in [5.74, 6) is 0. The quantitative estimate of drug-likeness (QED) is 0.659. The van der Waals surface area contributed by atoms with Crippen LogP contribution in [0.1, 0.15) is 17.5 Å². The van der Waals surface area contributed by atoms with Crippen molar-refractivity contribution in [1.82, 2.24) is 0 Å². The van der Waals surface area contributed by atoms with Crippen LogP contribution in [0.25, 0.3) is 0 Å². The predicted octanol–water partition coefficient (Wildman–Crippen LogP) is 3.46. The summed E-state index contributed by atoms with van der Waals surface area (Å²) >= 11 is 0. The highest BCUT2D eigenvalue weighted by Gasteiger charge is 2.47. The van der Waals surface area contributed by atoms with Gasteiger partial charge in [-0.1, -0.05) is 60.7 Å². The van der Waals surface area contributed by atoms with Crippen LogP contribution in [-0.4, -0.2) is 41.3 Å². The van der Waals surface area contributed by atoms with Gasteiger partial charge in [0.2, 0.25) is 0 Å². The Balaban J connectivity index is 2.12. The second kappa shape index (κ2) is 10.4. The zero-order valence-corrected chi connectivity index (χ0v) is 14.7. The topological polar surface area (TPSA) is 58.9 Å². The van der Waals surface area contributed by atoms with Crippen molar-refractivity contribution in [2.75, 3.05) is 6.61 Å². The first-order valence-electron chi connectivity index (χ1n) is 8.58. The van der Waals surface area contributed by atoms with Gasteiger partial charge in [0, 0.05) is 6.61 Å². The lowest BCUT2D eigenvalue weighted by Gasteiger charge is -2.32. The Bertz CT molecular complexity index is 649. The molecule has 2 aromatic rings. The Kier molecular flexibility index (Phi) is 8.24. The summed E-state index contributed by atoms with van der Waals surface area (Å²) in [6, 6.07) is 17.6. The van der Waals surface area contributed by atoms with E-state index in [9.17, 15) is 23.4 Å². The zero-order valence-electron chi connectivity index (χ0n) is 14.7. The summed E-state index contributed by atoms with van der Waals surface area (Å²) < 4.78 is 50.4. The SMILES string of the molecule is OCC[C@H](OCc1ccccc1)[C@H](OCc1ccccc1)[C@H](O)C(F)(F)F. The van der Waals surface area contributed by atoms with Crippen LogP contribution in [0.4, 0.5) is 13.2 Å². The standard InChI is InChI=1S/C20H23F3O4/c21-20(22,23)19(25)18(27-14-16-9-5-2-6-10-16)17(11-12-24)26-13-15-7-3-1-4-8-15/h1-10,17-19,24-25H,11-14H2/t17-,18-,19-/m0/s1. The first-order valence-corrected chi connectivity index (χ1v) is 8.58. The summed E-state index contributed by atoms with van der Waals surface area (Å²) in [4.78, 5) is 0. The molecule has 148 valence electrons. The van der Waals surface area contributed by atoms with Gasteiger partial charge in [-0.15, -0.1) is 0 Å². The number of rotatable bonds is 10. The first kappa shape index (κ1) is 21.4. The molecule has 0 aliphatic heterocycles. The second-order valence-electron chi connectivity index (χ2n) is 6.10. The summed E-state index contributed by atoms with van der Waals surface area (Å²) in [6.07, 6.45) is -10.5. The third kappa shape index (κ3) is 6.95. The largest absolute Gasteiger partial charge is 0.417 e. The molecule has 0 fully saturated rings. The smallest absolute Gasteiger partial charge is 0.396 e. The van der Waals surface area contributed by atoms with E-state index in [1.165, 1.54) is 0 Å². The Labute approximate surface area is 156 Å². The Morgan fingerprint density at radius 3 is 1.74 bits per heavy atom. The highest BCUT2D eigenvalue weighted by atomic mass is 19.4. The van der Waals surface area contributed by atoms with Crippen molar-refractivity contribution in [2.45, 2.75) is 44.1 Å². The highest BCUT2D eigenvalue weighted by Crippen LogP contribution is 2.28. The van der Waals surface area contributed by atoms with E-state index in [2.05, 4.69) is 0 Å². The van der Waals surface area contributed by atoms with Crippen molar-refractivity contribution in [3.63, 3.8) is 0 Å². The highest BCUT2D eigenvalue weighted by molar-refractivity contribution is 5.14. The van der Waals surface area contributed by atoms with Crippen molar-refractivity contribution in [3.8, 4) is 0 Å². The van der Waals surface area contributed by atoms with E-state index in [0.717, 1.165) is 5.56 Å². The predicted molar refractivity (Wildman–Crippen MR) is 93.8 cm³/mol. The van der Waals surface area contributed by atoms with Crippen LogP contribution in [0.2, 0.25) is 0 Å². The van der Waals surface area contributed by atoms with Gasteiger partial charge in [0.05, 0.1) is 19.3 Å². The molecule has 2 rings (SSSR count). The van der Waals surface area contributed by atoms with Gasteiger partial charge in [0.25, 0.3) is 0 Å². The van der Waals surface area contributed by atoms with Gasteiger partial charge in [-0.25, -0.2) is 0 Å². The van der Waals surface area contributed by atoms with Crippen molar-refractivity contribution < 1.29 is 32.9 Å². The summed E-state index contributed by atoms with van der Waals surface area (Å²) in [6.45, 7) is -0.466. The summed E-state index contributed by atoms with van der Waals surface area (Å²) in [5.41, 5.74) is 1.44. The Hall–Kier alpha value is -1.93. The molecule has 4 nitrogen and oxygen atoms in total. The molecule has 0 saturated carbocycles. The fourth-order valence-electron chi connectivity index (χ4n) is 2.60. The Morgan fingerprint density at radius 2 is 1.30 bits per heavy atom. The number of hydrogen-bond donors (Lipinski definition) is 2. The van der Waals surface area contributed by atoms with Crippen LogP contribution < -0.4 is 0 Å². The zero-order chi connectivity index (χ0) is 19.7. The molecule has 0 aliphatic rings. The molecular formula is C20H23F3O4. The lowest BCUT2D eigenvalue weighted by Crippen LogP contribution is -2.49. The van der Waals surface area contributed by atoms with E-state index in [-0.39, 0.29) is 19.6 Å². The number of hydrogen-bond acceptors (Lipinski definition) is 4. The van der Waals surface area contributed by atoms with Gasteiger partial charge < -0.3 is 19.7 Å². The molecule has 0 aromatic heterocycles. The van der Waals surface area contributed by atoms with Crippen molar-refractivity contribution in [2.24, 2.45) is 0 Å². The molecule has 0 heterocycles. The number of aliphatic hydroxyl groups excluding tert-OH is 2. The molecule has 0 saturated heterocycles. The fraction of sp³-hybridized carbons (Fsp3) is 0.400. The number of halogens is 3. The van der Waals surface area contributed by atoms with Gasteiger partial charge in [-0.05, 0) is 17.5 Å². The number of ether oxygens (including phenoxy) is 2. The molecule has 0 radical (unpaired) electrons. The minimum absolute atomic E-state index is 0.0429. The fourth-order valence-corrected chi connectivity index (χ4v) is 2.60. The first-order chi connectivity index (χ1) is 12.9. The molecule has 0 spiro atoms. The van der Waals surface area contributed by atoms with Gasteiger partial charge in [-0.3, -0.25) is 0 Å². The van der Waals surface area contributed by atoms with Gasteiger partial charge in [0.1, 0.15) is 6.10 Å². The van der Waals surface area contributed by atoms with E-state index in [4.69, 9.17) is 9.47 Å². The summed E-state index contributed by atoms with van der Waals surface area (Å²) in [7, 11) is 0. The third-order valence-electron chi connectivity index (χ3n) is 4.02. The normalized spacial score (nSPS) is 15.3. The van der Waals surface area contributed by atoms with Crippen molar-refractivity contribution in [3.05, 3.63) is 71.8 Å². The minimum atomic E-state index is -4.87. The molecule has 27 heavy (non-hydrogen) atoms. The van der Waals surface area contributed by atoms with E-state index < -0.39 is 31.1 Å². The number of aliphatic hydroxyl groups is 2. The van der Waals surface area contributed by atoms with Gasteiger partial charge in [-0.2, -0.15) is 13.2 Å². The van der Waals surface area contributed by atoms with E-state index >= 15 is 0 Å². The van der Waals surface area contributed by atoms with Gasteiger partial charge in [0.15, 0.2) is 6.10 Å². The summed E-state index contributed by atoms with van der Waals surface area (Å²) in [5, 5.41) is 19.1. The van der Waals surface area contributed by atoms with Crippen LogP contribution in [-0.2, 0) is 22.7 Å². The maximum absolute atomic E-state index is 13.1. The number of benzene rings is 2. The lowest BCUT2D eigenvalue weighted by atomic mass is 10.0. The molecule has 2 aromatic carbocycles. The average molecular weight is 384 g/mol. The van der Waals surface area contributed by atoms with Crippen LogP contribution >= 0.6 is 0 Å². The van der Waals surface area contributed by atoms with Gasteiger partial charge >= 0.3 is 6.18 Å². The maximum Gasteiger partial charge on any atom is 0.417 e.